The number of quaternary nitrogens is 1. The number of hydrogen-bond donors (Lipinski definition) is 1. The molecule has 0 radical (unpaired) electrons. The van der Waals surface area contributed by atoms with Gasteiger partial charge in [0.25, 0.3) is 0 Å². The van der Waals surface area contributed by atoms with Gasteiger partial charge in [-0.05, 0) is 38.5 Å². The first-order valence-corrected chi connectivity index (χ1v) is 14.0. The molecular weight excluding hydrogens is 386 g/mol. The molecule has 1 nitrogen and oxygen atoms in total. The first kappa shape index (κ1) is 32.4. The SMILES string of the molecule is CCCCCCCCCCCC[NH+](CC)CCCCCCCCCCCC(C)C.[Cl-]. The van der Waals surface area contributed by atoms with E-state index in [1.807, 2.05) is 4.90 Å². The van der Waals surface area contributed by atoms with Crippen molar-refractivity contribution in [2.45, 2.75) is 156 Å². The summed E-state index contributed by atoms with van der Waals surface area (Å²) in [7, 11) is 0. The summed E-state index contributed by atoms with van der Waals surface area (Å²) >= 11 is 0. The zero-order chi connectivity index (χ0) is 21.4. The summed E-state index contributed by atoms with van der Waals surface area (Å²) in [4.78, 5) is 1.86. The van der Waals surface area contributed by atoms with Gasteiger partial charge in [-0.2, -0.15) is 0 Å². The van der Waals surface area contributed by atoms with Crippen molar-refractivity contribution < 1.29 is 17.3 Å². The van der Waals surface area contributed by atoms with Gasteiger partial charge in [0.1, 0.15) is 0 Å². The Bertz CT molecular complexity index is 292. The molecule has 0 aliphatic heterocycles. The van der Waals surface area contributed by atoms with E-state index in [2.05, 4.69) is 27.7 Å². The van der Waals surface area contributed by atoms with Crippen LogP contribution in [-0.4, -0.2) is 19.6 Å². The second-order valence-corrected chi connectivity index (χ2v) is 10.2. The van der Waals surface area contributed by atoms with E-state index < -0.39 is 0 Å². The Morgan fingerprint density at radius 3 is 1.13 bits per heavy atom. The van der Waals surface area contributed by atoms with Gasteiger partial charge in [-0.25, -0.2) is 0 Å². The third kappa shape index (κ3) is 26.3. The molecule has 184 valence electrons. The van der Waals surface area contributed by atoms with E-state index >= 15 is 0 Å². The highest BCUT2D eigenvalue weighted by atomic mass is 35.5. The predicted molar refractivity (Wildman–Crippen MR) is 134 cm³/mol. The third-order valence-electron chi connectivity index (χ3n) is 6.70. The van der Waals surface area contributed by atoms with Crippen LogP contribution in [0.25, 0.3) is 0 Å². The average molecular weight is 446 g/mol. The van der Waals surface area contributed by atoms with Crippen LogP contribution in [0.4, 0.5) is 0 Å². The smallest absolute Gasteiger partial charge is 0.0770 e. The van der Waals surface area contributed by atoms with Crippen LogP contribution in [0.15, 0.2) is 0 Å². The largest absolute Gasteiger partial charge is 1.00 e. The molecule has 1 atom stereocenters. The second-order valence-electron chi connectivity index (χ2n) is 10.2. The predicted octanol–water partition coefficient (Wildman–Crippen LogP) is 5.37. The first-order chi connectivity index (χ1) is 14.2. The lowest BCUT2D eigenvalue weighted by Crippen LogP contribution is -3.11. The lowest BCUT2D eigenvalue weighted by atomic mass is 10.0. The molecule has 0 aromatic rings. The molecule has 0 aliphatic carbocycles. The Kier molecular flexibility index (Phi) is 29.5. The molecule has 0 spiro atoms. The molecule has 0 bridgehead atoms. The first-order valence-electron chi connectivity index (χ1n) is 14.0. The van der Waals surface area contributed by atoms with Crippen LogP contribution in [0.1, 0.15) is 156 Å². The average Bonchev–Trinajstić information content (AvgIpc) is 2.71. The van der Waals surface area contributed by atoms with Crippen LogP contribution in [0.3, 0.4) is 0 Å². The molecule has 0 fully saturated rings. The highest BCUT2D eigenvalue weighted by Crippen LogP contribution is 2.13. The van der Waals surface area contributed by atoms with Crippen molar-refractivity contribution in [3.63, 3.8) is 0 Å². The van der Waals surface area contributed by atoms with Gasteiger partial charge < -0.3 is 17.3 Å². The van der Waals surface area contributed by atoms with Crippen LogP contribution < -0.4 is 17.3 Å². The second kappa shape index (κ2) is 27.3. The van der Waals surface area contributed by atoms with Crippen LogP contribution in [0.5, 0.6) is 0 Å². The van der Waals surface area contributed by atoms with Crippen molar-refractivity contribution in [3.8, 4) is 0 Å². The topological polar surface area (TPSA) is 4.44 Å². The maximum absolute atomic E-state index is 2.38. The van der Waals surface area contributed by atoms with Crippen molar-refractivity contribution in [2.75, 3.05) is 19.6 Å². The Balaban J connectivity index is 0. The Hall–Kier alpha value is 0.250. The highest BCUT2D eigenvalue weighted by Gasteiger charge is 2.05. The van der Waals surface area contributed by atoms with Gasteiger partial charge in [-0.1, -0.05) is 124 Å². The monoisotopic (exact) mass is 445 g/mol. The van der Waals surface area contributed by atoms with Gasteiger partial charge in [0.15, 0.2) is 0 Å². The quantitative estimate of drug-likeness (QED) is 0.190. The van der Waals surface area contributed by atoms with Crippen molar-refractivity contribution in [2.24, 2.45) is 5.92 Å². The molecule has 1 N–H and O–H groups in total. The third-order valence-corrected chi connectivity index (χ3v) is 6.70. The van der Waals surface area contributed by atoms with E-state index in [1.165, 1.54) is 148 Å². The standard InChI is InChI=1S/C28H59N.ClH/c1-5-7-8-9-10-11-14-17-20-23-26-29(6-2)27-24-21-18-15-12-13-16-19-22-25-28(3)4;/h28H,5-27H2,1-4H3;1H. The Labute approximate surface area is 199 Å². The molecule has 0 aromatic heterocycles. The van der Waals surface area contributed by atoms with Crippen LogP contribution in [-0.2, 0) is 0 Å². The molecule has 2 heteroatoms. The maximum atomic E-state index is 2.38. The summed E-state index contributed by atoms with van der Waals surface area (Å²) in [6.07, 6.45) is 29.2. The van der Waals surface area contributed by atoms with Gasteiger partial charge in [0, 0.05) is 0 Å². The lowest BCUT2D eigenvalue weighted by Gasteiger charge is -2.17. The minimum atomic E-state index is 0. The van der Waals surface area contributed by atoms with Gasteiger partial charge in [0.2, 0.25) is 0 Å². The Morgan fingerprint density at radius 2 is 0.800 bits per heavy atom. The fourth-order valence-corrected chi connectivity index (χ4v) is 4.51. The molecule has 0 rings (SSSR count). The number of rotatable bonds is 24. The number of nitrogens with one attached hydrogen (secondary N) is 1. The van der Waals surface area contributed by atoms with Crippen LogP contribution in [0.2, 0.25) is 0 Å². The van der Waals surface area contributed by atoms with Crippen molar-refractivity contribution in [1.82, 2.24) is 0 Å². The zero-order valence-corrected chi connectivity index (χ0v) is 22.5. The molecule has 0 saturated heterocycles. The minimum Gasteiger partial charge on any atom is -1.00 e. The summed E-state index contributed by atoms with van der Waals surface area (Å²) in [5, 5.41) is 0. The summed E-state index contributed by atoms with van der Waals surface area (Å²) in [5.41, 5.74) is 0. The molecule has 0 aliphatic rings. The van der Waals surface area contributed by atoms with E-state index in [4.69, 9.17) is 0 Å². The van der Waals surface area contributed by atoms with E-state index in [9.17, 15) is 0 Å². The number of hydrogen-bond acceptors (Lipinski definition) is 0. The van der Waals surface area contributed by atoms with E-state index in [-0.39, 0.29) is 12.4 Å². The van der Waals surface area contributed by atoms with E-state index in [1.54, 1.807) is 0 Å². The molecular formula is C28H60ClN. The lowest BCUT2D eigenvalue weighted by molar-refractivity contribution is -0.898. The number of halogens is 1. The minimum absolute atomic E-state index is 0. The molecule has 1 unspecified atom stereocenters. The fraction of sp³-hybridized carbons (Fsp3) is 1.00. The number of unbranched alkanes of at least 4 members (excludes halogenated alkanes) is 17. The van der Waals surface area contributed by atoms with Crippen molar-refractivity contribution in [1.29, 1.82) is 0 Å². The fourth-order valence-electron chi connectivity index (χ4n) is 4.51. The highest BCUT2D eigenvalue weighted by molar-refractivity contribution is 4.50. The van der Waals surface area contributed by atoms with Gasteiger partial charge in [-0.15, -0.1) is 0 Å². The van der Waals surface area contributed by atoms with E-state index in [0.717, 1.165) is 5.92 Å². The van der Waals surface area contributed by atoms with Gasteiger partial charge in [-0.3, -0.25) is 0 Å². The molecule has 0 saturated carbocycles. The van der Waals surface area contributed by atoms with Crippen molar-refractivity contribution >= 4 is 0 Å². The van der Waals surface area contributed by atoms with E-state index in [0.29, 0.717) is 0 Å². The summed E-state index contributed by atoms with van der Waals surface area (Å²) in [6.45, 7) is 13.5. The molecule has 0 heterocycles. The molecule has 30 heavy (non-hydrogen) atoms. The summed E-state index contributed by atoms with van der Waals surface area (Å²) in [5.74, 6) is 0.893. The van der Waals surface area contributed by atoms with Gasteiger partial charge in [0.05, 0.1) is 19.6 Å². The van der Waals surface area contributed by atoms with Gasteiger partial charge >= 0.3 is 0 Å². The van der Waals surface area contributed by atoms with Crippen LogP contribution in [0, 0.1) is 5.92 Å². The summed E-state index contributed by atoms with van der Waals surface area (Å²) < 4.78 is 0. The molecule has 0 aromatic carbocycles. The molecule has 0 amide bonds. The Morgan fingerprint density at radius 1 is 0.467 bits per heavy atom. The maximum Gasteiger partial charge on any atom is 0.0770 e. The normalized spacial score (nSPS) is 12.3. The van der Waals surface area contributed by atoms with Crippen LogP contribution >= 0.6 is 0 Å². The van der Waals surface area contributed by atoms with Crippen molar-refractivity contribution in [3.05, 3.63) is 0 Å². The summed E-state index contributed by atoms with van der Waals surface area (Å²) in [6, 6.07) is 0. The zero-order valence-electron chi connectivity index (χ0n) is 21.7.